The minimum Gasteiger partial charge on any atom is -0.342 e. The number of amides is 1. The Morgan fingerprint density at radius 3 is 2.90 bits per heavy atom. The van der Waals surface area contributed by atoms with Crippen LogP contribution < -0.4 is 5.32 Å². The van der Waals surface area contributed by atoms with E-state index in [0.717, 1.165) is 18.2 Å². The molecule has 0 bridgehead atoms. The third-order valence-electron chi connectivity index (χ3n) is 2.50. The summed E-state index contributed by atoms with van der Waals surface area (Å²) in [5.74, 6) is -1.33. The molecule has 1 unspecified atom stereocenters. The molecule has 2 rings (SSSR count). The van der Waals surface area contributed by atoms with Crippen molar-refractivity contribution in [2.75, 3.05) is 0 Å². The van der Waals surface area contributed by atoms with E-state index in [1.807, 2.05) is 0 Å². The van der Waals surface area contributed by atoms with Gasteiger partial charge in [0.05, 0.1) is 11.0 Å². The Balaban J connectivity index is 2.25. The summed E-state index contributed by atoms with van der Waals surface area (Å²) in [6, 6.07) is 2.01. The number of halogens is 1. The summed E-state index contributed by atoms with van der Waals surface area (Å²) in [7, 11) is 0. The molecule has 20 heavy (non-hydrogen) atoms. The van der Waals surface area contributed by atoms with Crippen molar-refractivity contribution in [3.05, 3.63) is 45.5 Å². The number of carbonyl (C=O) groups excluding carboxylic acids is 1. The van der Waals surface area contributed by atoms with Gasteiger partial charge in [0.15, 0.2) is 5.82 Å². The maximum absolute atomic E-state index is 13.1. The van der Waals surface area contributed by atoms with E-state index < -0.39 is 28.4 Å². The first kappa shape index (κ1) is 13.5. The molecule has 0 spiro atoms. The van der Waals surface area contributed by atoms with Crippen molar-refractivity contribution in [3.8, 4) is 0 Å². The smallest absolute Gasteiger partial charge is 0.282 e. The number of aromatic amines is 1. The van der Waals surface area contributed by atoms with Gasteiger partial charge in [0.1, 0.15) is 11.4 Å². The lowest BCUT2D eigenvalue weighted by molar-refractivity contribution is -0.385. The molecule has 0 radical (unpaired) electrons. The second-order valence-electron chi connectivity index (χ2n) is 3.88. The monoisotopic (exact) mass is 280 g/mol. The third kappa shape index (κ3) is 2.74. The lowest BCUT2D eigenvalue weighted by atomic mass is 10.1. The molecule has 0 aliphatic rings. The third-order valence-corrected chi connectivity index (χ3v) is 2.50. The predicted octanol–water partition coefficient (Wildman–Crippen LogP) is 0.738. The van der Waals surface area contributed by atoms with E-state index in [9.17, 15) is 19.3 Å². The topological polar surface area (TPSA) is 127 Å². The summed E-state index contributed by atoms with van der Waals surface area (Å²) in [5.41, 5.74) is -0.852. The number of tetrazole rings is 1. The van der Waals surface area contributed by atoms with Crippen LogP contribution in [0.1, 0.15) is 29.1 Å². The van der Waals surface area contributed by atoms with Gasteiger partial charge in [0.2, 0.25) is 0 Å². The summed E-state index contributed by atoms with van der Waals surface area (Å²) in [6.45, 7) is 1.56. The van der Waals surface area contributed by atoms with Gasteiger partial charge >= 0.3 is 0 Å². The molecule has 1 aromatic carbocycles. The van der Waals surface area contributed by atoms with Crippen LogP contribution in [0.3, 0.4) is 0 Å². The highest BCUT2D eigenvalue weighted by Gasteiger charge is 2.23. The van der Waals surface area contributed by atoms with Crippen molar-refractivity contribution in [1.82, 2.24) is 25.9 Å². The van der Waals surface area contributed by atoms with Crippen molar-refractivity contribution >= 4 is 11.6 Å². The summed E-state index contributed by atoms with van der Waals surface area (Å²) < 4.78 is 13.1. The second kappa shape index (κ2) is 5.38. The molecular weight excluding hydrogens is 271 g/mol. The van der Waals surface area contributed by atoms with E-state index in [2.05, 4.69) is 25.9 Å². The molecule has 1 heterocycles. The van der Waals surface area contributed by atoms with Crippen LogP contribution in [0.2, 0.25) is 0 Å². The highest BCUT2D eigenvalue weighted by molar-refractivity contribution is 5.98. The fourth-order valence-electron chi connectivity index (χ4n) is 1.54. The van der Waals surface area contributed by atoms with Crippen LogP contribution in [0.5, 0.6) is 0 Å². The van der Waals surface area contributed by atoms with E-state index in [-0.39, 0.29) is 11.4 Å². The number of aromatic nitrogens is 4. The van der Waals surface area contributed by atoms with Gasteiger partial charge in [-0.05, 0) is 19.1 Å². The minimum atomic E-state index is -0.798. The summed E-state index contributed by atoms with van der Waals surface area (Å²) in [5, 5.41) is 26.1. The van der Waals surface area contributed by atoms with Gasteiger partial charge in [-0.15, -0.1) is 10.2 Å². The van der Waals surface area contributed by atoms with E-state index in [4.69, 9.17) is 0 Å². The minimum absolute atomic E-state index is 0.206. The molecule has 1 atom stereocenters. The number of nitro benzene ring substituents is 1. The Bertz CT molecular complexity index is 644. The molecule has 0 saturated carbocycles. The van der Waals surface area contributed by atoms with Crippen LogP contribution in [-0.4, -0.2) is 31.5 Å². The Labute approximate surface area is 111 Å². The first-order chi connectivity index (χ1) is 9.49. The Morgan fingerprint density at radius 1 is 1.55 bits per heavy atom. The molecule has 1 amide bonds. The van der Waals surface area contributed by atoms with Crippen molar-refractivity contribution in [2.24, 2.45) is 0 Å². The highest BCUT2D eigenvalue weighted by Crippen LogP contribution is 2.20. The maximum atomic E-state index is 13.1. The molecule has 104 valence electrons. The Kier molecular flexibility index (Phi) is 3.64. The van der Waals surface area contributed by atoms with Crippen molar-refractivity contribution in [3.63, 3.8) is 0 Å². The number of benzene rings is 1. The molecule has 2 aromatic rings. The number of hydrogen-bond acceptors (Lipinski definition) is 6. The van der Waals surface area contributed by atoms with Crippen LogP contribution in [0.15, 0.2) is 18.2 Å². The molecule has 10 heteroatoms. The number of nitrogens with zero attached hydrogens (tertiary/aromatic N) is 4. The molecule has 9 nitrogen and oxygen atoms in total. The van der Waals surface area contributed by atoms with Gasteiger partial charge in [-0.25, -0.2) is 4.39 Å². The molecule has 0 fully saturated rings. The molecule has 1 aromatic heterocycles. The number of rotatable bonds is 4. The van der Waals surface area contributed by atoms with Crippen molar-refractivity contribution < 1.29 is 14.1 Å². The van der Waals surface area contributed by atoms with Crippen molar-refractivity contribution in [1.29, 1.82) is 0 Å². The average Bonchev–Trinajstić information content (AvgIpc) is 2.92. The molecular formula is C10H9FN6O3. The lowest BCUT2D eigenvalue weighted by Gasteiger charge is -2.10. The maximum Gasteiger partial charge on any atom is 0.282 e. The molecule has 0 aliphatic carbocycles. The van der Waals surface area contributed by atoms with Gasteiger partial charge in [-0.2, -0.15) is 5.21 Å². The van der Waals surface area contributed by atoms with Gasteiger partial charge in [0.25, 0.3) is 11.6 Å². The number of nitrogens with one attached hydrogen (secondary N) is 2. The lowest BCUT2D eigenvalue weighted by Crippen LogP contribution is -2.28. The number of H-pyrrole nitrogens is 1. The van der Waals surface area contributed by atoms with Crippen LogP contribution in [-0.2, 0) is 0 Å². The van der Waals surface area contributed by atoms with Crippen LogP contribution in [0, 0.1) is 15.9 Å². The van der Waals surface area contributed by atoms with Crippen LogP contribution in [0.4, 0.5) is 10.1 Å². The number of nitro groups is 1. The first-order valence-corrected chi connectivity index (χ1v) is 5.47. The largest absolute Gasteiger partial charge is 0.342 e. The molecule has 0 saturated heterocycles. The van der Waals surface area contributed by atoms with Gasteiger partial charge in [-0.3, -0.25) is 14.9 Å². The normalized spacial score (nSPS) is 11.9. The average molecular weight is 280 g/mol. The van der Waals surface area contributed by atoms with E-state index in [1.165, 1.54) is 0 Å². The van der Waals surface area contributed by atoms with E-state index in [0.29, 0.717) is 0 Å². The van der Waals surface area contributed by atoms with Gasteiger partial charge < -0.3 is 5.32 Å². The summed E-state index contributed by atoms with van der Waals surface area (Å²) >= 11 is 0. The van der Waals surface area contributed by atoms with Gasteiger partial charge in [-0.1, -0.05) is 5.21 Å². The first-order valence-electron chi connectivity index (χ1n) is 5.47. The fourth-order valence-corrected chi connectivity index (χ4v) is 1.54. The Morgan fingerprint density at radius 2 is 2.30 bits per heavy atom. The quantitative estimate of drug-likeness (QED) is 0.628. The molecule has 2 N–H and O–H groups in total. The standard InChI is InChI=1S/C10H9FN6O3/c1-5(9-13-15-16-14-9)12-10(18)7-4-6(11)2-3-8(7)17(19)20/h2-5H,1H3,(H,12,18)(H,13,14,15,16). The SMILES string of the molecule is CC(NC(=O)c1cc(F)ccc1[N+](=O)[O-])c1nn[nH]n1. The zero-order valence-electron chi connectivity index (χ0n) is 10.2. The molecule has 0 aliphatic heterocycles. The zero-order chi connectivity index (χ0) is 14.7. The van der Waals surface area contributed by atoms with Crippen molar-refractivity contribution in [2.45, 2.75) is 13.0 Å². The fraction of sp³-hybridized carbons (Fsp3) is 0.200. The van der Waals surface area contributed by atoms with Crippen LogP contribution in [0.25, 0.3) is 0 Å². The Hall–Kier alpha value is -2.91. The second-order valence-corrected chi connectivity index (χ2v) is 3.88. The zero-order valence-corrected chi connectivity index (χ0v) is 10.2. The van der Waals surface area contributed by atoms with E-state index >= 15 is 0 Å². The van der Waals surface area contributed by atoms with E-state index in [1.54, 1.807) is 6.92 Å². The predicted molar refractivity (Wildman–Crippen MR) is 63.1 cm³/mol. The number of hydrogen-bond donors (Lipinski definition) is 2. The summed E-state index contributed by atoms with van der Waals surface area (Å²) in [6.07, 6.45) is 0. The highest BCUT2D eigenvalue weighted by atomic mass is 19.1. The number of carbonyl (C=O) groups is 1. The van der Waals surface area contributed by atoms with Gasteiger partial charge in [0, 0.05) is 6.07 Å². The van der Waals surface area contributed by atoms with Crippen LogP contribution >= 0.6 is 0 Å². The summed E-state index contributed by atoms with van der Waals surface area (Å²) in [4.78, 5) is 22.0.